The van der Waals surface area contributed by atoms with Crippen LogP contribution in [0.1, 0.15) is 5.56 Å². The summed E-state index contributed by atoms with van der Waals surface area (Å²) >= 11 is 5.55. The molecule has 0 fully saturated rings. The highest BCUT2D eigenvalue weighted by molar-refractivity contribution is 6.18. The van der Waals surface area contributed by atoms with Crippen molar-refractivity contribution in [3.05, 3.63) is 33.9 Å². The highest BCUT2D eigenvalue weighted by atomic mass is 35.5. The third-order valence-corrected chi connectivity index (χ3v) is 2.43. The number of ether oxygens (including phenoxy) is 3. The molecule has 106 valence electrons. The fraction of sp³-hybridized carbons (Fsp3) is 0.500. The molecule has 0 radical (unpaired) electrons. The van der Waals surface area contributed by atoms with Crippen LogP contribution in [0, 0.1) is 10.1 Å². The van der Waals surface area contributed by atoms with Crippen molar-refractivity contribution in [1.82, 2.24) is 0 Å². The van der Waals surface area contributed by atoms with Gasteiger partial charge in [0, 0.05) is 24.8 Å². The van der Waals surface area contributed by atoms with Crippen molar-refractivity contribution in [3.8, 4) is 5.75 Å². The number of nitro groups is 1. The largest absolute Gasteiger partial charge is 0.492 e. The van der Waals surface area contributed by atoms with Crippen molar-refractivity contribution in [2.75, 3.05) is 32.8 Å². The van der Waals surface area contributed by atoms with Gasteiger partial charge in [0.1, 0.15) is 12.4 Å². The molecule has 0 atom stereocenters. The standard InChI is InChI=1S/C12H16ClNO5/c1-17-6-7-18-9-10-8-11(14(15)16)2-3-12(10)19-5-4-13/h2-3,8H,4-7,9H2,1H3. The van der Waals surface area contributed by atoms with E-state index in [2.05, 4.69) is 0 Å². The Morgan fingerprint density at radius 3 is 2.74 bits per heavy atom. The van der Waals surface area contributed by atoms with E-state index in [4.69, 9.17) is 25.8 Å². The van der Waals surface area contributed by atoms with E-state index in [-0.39, 0.29) is 12.3 Å². The lowest BCUT2D eigenvalue weighted by Gasteiger charge is -2.11. The molecule has 0 aliphatic rings. The maximum atomic E-state index is 10.7. The van der Waals surface area contributed by atoms with Crippen molar-refractivity contribution >= 4 is 17.3 Å². The molecular formula is C12H16ClNO5. The van der Waals surface area contributed by atoms with E-state index in [1.54, 1.807) is 13.2 Å². The lowest BCUT2D eigenvalue weighted by Crippen LogP contribution is -2.05. The molecule has 1 rings (SSSR count). The quantitative estimate of drug-likeness (QED) is 0.302. The van der Waals surface area contributed by atoms with Crippen molar-refractivity contribution < 1.29 is 19.1 Å². The van der Waals surface area contributed by atoms with Gasteiger partial charge in [0.15, 0.2) is 0 Å². The van der Waals surface area contributed by atoms with Crippen LogP contribution < -0.4 is 4.74 Å². The van der Waals surface area contributed by atoms with Gasteiger partial charge in [-0.15, -0.1) is 11.6 Å². The van der Waals surface area contributed by atoms with Crippen LogP contribution in [0.5, 0.6) is 5.75 Å². The zero-order valence-electron chi connectivity index (χ0n) is 10.6. The minimum Gasteiger partial charge on any atom is -0.492 e. The fourth-order valence-corrected chi connectivity index (χ4v) is 1.48. The summed E-state index contributed by atoms with van der Waals surface area (Å²) in [5.74, 6) is 0.893. The van der Waals surface area contributed by atoms with E-state index < -0.39 is 4.92 Å². The Morgan fingerprint density at radius 2 is 2.11 bits per heavy atom. The molecule has 0 aliphatic heterocycles. The molecule has 1 aromatic carbocycles. The Kier molecular flexibility index (Phi) is 7.17. The van der Waals surface area contributed by atoms with Gasteiger partial charge < -0.3 is 14.2 Å². The van der Waals surface area contributed by atoms with Gasteiger partial charge in [-0.05, 0) is 6.07 Å². The highest BCUT2D eigenvalue weighted by Crippen LogP contribution is 2.25. The summed E-state index contributed by atoms with van der Waals surface area (Å²) in [7, 11) is 1.58. The van der Waals surface area contributed by atoms with Crippen LogP contribution in [0.15, 0.2) is 18.2 Å². The van der Waals surface area contributed by atoms with Gasteiger partial charge in [0.2, 0.25) is 0 Å². The number of nitro benzene ring substituents is 1. The second-order valence-corrected chi connectivity index (χ2v) is 4.01. The lowest BCUT2D eigenvalue weighted by molar-refractivity contribution is -0.385. The van der Waals surface area contributed by atoms with E-state index >= 15 is 0 Å². The van der Waals surface area contributed by atoms with E-state index in [1.165, 1.54) is 12.1 Å². The zero-order chi connectivity index (χ0) is 14.1. The van der Waals surface area contributed by atoms with Crippen LogP contribution in [0.25, 0.3) is 0 Å². The minimum absolute atomic E-state index is 0.00330. The van der Waals surface area contributed by atoms with Crippen molar-refractivity contribution in [2.45, 2.75) is 6.61 Å². The van der Waals surface area contributed by atoms with Crippen LogP contribution >= 0.6 is 11.6 Å². The van der Waals surface area contributed by atoms with Gasteiger partial charge in [0.05, 0.1) is 30.6 Å². The van der Waals surface area contributed by atoms with Crippen molar-refractivity contribution in [1.29, 1.82) is 0 Å². The Morgan fingerprint density at radius 1 is 1.32 bits per heavy atom. The van der Waals surface area contributed by atoms with Crippen LogP contribution in [-0.2, 0) is 16.1 Å². The topological polar surface area (TPSA) is 70.8 Å². The number of halogens is 1. The Balaban J connectivity index is 2.75. The van der Waals surface area contributed by atoms with Crippen LogP contribution in [0.3, 0.4) is 0 Å². The number of non-ortho nitro benzene ring substituents is 1. The number of nitrogens with zero attached hydrogens (tertiary/aromatic N) is 1. The third-order valence-electron chi connectivity index (χ3n) is 2.28. The summed E-state index contributed by atoms with van der Waals surface area (Å²) in [5.41, 5.74) is 0.624. The predicted octanol–water partition coefficient (Wildman–Crippen LogP) is 2.38. The number of hydrogen-bond donors (Lipinski definition) is 0. The Bertz CT molecular complexity index is 413. The first-order chi connectivity index (χ1) is 9.19. The van der Waals surface area contributed by atoms with Crippen LogP contribution in [0.4, 0.5) is 5.69 Å². The maximum Gasteiger partial charge on any atom is 0.270 e. The Hall–Kier alpha value is -1.37. The van der Waals surface area contributed by atoms with Crippen molar-refractivity contribution in [3.63, 3.8) is 0 Å². The molecule has 0 saturated heterocycles. The predicted molar refractivity (Wildman–Crippen MR) is 70.8 cm³/mol. The minimum atomic E-state index is -0.454. The van der Waals surface area contributed by atoms with Crippen LogP contribution in [0.2, 0.25) is 0 Å². The highest BCUT2D eigenvalue weighted by Gasteiger charge is 2.12. The second-order valence-electron chi connectivity index (χ2n) is 3.63. The molecule has 0 aliphatic carbocycles. The Labute approximate surface area is 116 Å². The van der Waals surface area contributed by atoms with E-state index in [9.17, 15) is 10.1 Å². The van der Waals surface area contributed by atoms with E-state index in [0.717, 1.165) is 0 Å². The van der Waals surface area contributed by atoms with Gasteiger partial charge in [-0.25, -0.2) is 0 Å². The molecule has 1 aromatic rings. The third kappa shape index (κ3) is 5.42. The number of methoxy groups -OCH3 is 1. The SMILES string of the molecule is COCCOCc1cc([N+](=O)[O-])ccc1OCCCl. The maximum absolute atomic E-state index is 10.7. The first-order valence-electron chi connectivity index (χ1n) is 5.71. The number of benzene rings is 1. The number of alkyl halides is 1. The molecule has 0 N–H and O–H groups in total. The average Bonchev–Trinajstić information content (AvgIpc) is 2.41. The summed E-state index contributed by atoms with van der Waals surface area (Å²) in [4.78, 5) is 10.3. The van der Waals surface area contributed by atoms with Crippen molar-refractivity contribution in [2.24, 2.45) is 0 Å². The number of hydrogen-bond acceptors (Lipinski definition) is 5. The molecular weight excluding hydrogens is 274 g/mol. The molecule has 0 aromatic heterocycles. The summed E-state index contributed by atoms with van der Waals surface area (Å²) in [6, 6.07) is 4.39. The zero-order valence-corrected chi connectivity index (χ0v) is 11.4. The smallest absolute Gasteiger partial charge is 0.270 e. The molecule has 19 heavy (non-hydrogen) atoms. The van der Waals surface area contributed by atoms with E-state index in [0.29, 0.717) is 37.0 Å². The summed E-state index contributed by atoms with van der Waals surface area (Å²) in [6.45, 7) is 1.44. The first kappa shape index (κ1) is 15.7. The lowest BCUT2D eigenvalue weighted by atomic mass is 10.2. The molecule has 7 heteroatoms. The second kappa shape index (κ2) is 8.68. The summed E-state index contributed by atoms with van der Waals surface area (Å²) < 4.78 is 15.6. The van der Waals surface area contributed by atoms with Gasteiger partial charge in [-0.1, -0.05) is 0 Å². The monoisotopic (exact) mass is 289 g/mol. The van der Waals surface area contributed by atoms with Gasteiger partial charge in [-0.3, -0.25) is 10.1 Å². The van der Waals surface area contributed by atoms with Gasteiger partial charge in [-0.2, -0.15) is 0 Å². The summed E-state index contributed by atoms with van der Waals surface area (Å²) in [5, 5.41) is 10.7. The van der Waals surface area contributed by atoms with Gasteiger partial charge >= 0.3 is 0 Å². The fourth-order valence-electron chi connectivity index (χ4n) is 1.41. The average molecular weight is 290 g/mol. The molecule has 0 amide bonds. The normalized spacial score (nSPS) is 10.4. The van der Waals surface area contributed by atoms with Crippen LogP contribution in [-0.4, -0.2) is 37.7 Å². The van der Waals surface area contributed by atoms with E-state index in [1.807, 2.05) is 0 Å². The molecule has 0 spiro atoms. The first-order valence-corrected chi connectivity index (χ1v) is 6.25. The molecule has 6 nitrogen and oxygen atoms in total. The molecule has 0 saturated carbocycles. The van der Waals surface area contributed by atoms with Gasteiger partial charge in [0.25, 0.3) is 5.69 Å². The molecule has 0 bridgehead atoms. The summed E-state index contributed by atoms with van der Waals surface area (Å²) in [6.07, 6.45) is 0. The molecule has 0 heterocycles. The number of rotatable bonds is 9. The molecule has 0 unspecified atom stereocenters.